The highest BCUT2D eigenvalue weighted by molar-refractivity contribution is 6.07. The molecule has 0 bridgehead atoms. The van der Waals surface area contributed by atoms with Crippen molar-refractivity contribution in [2.24, 2.45) is 10.8 Å². The molecular formula is C28H31NO. The normalized spacial score (nSPS) is 19.3. The van der Waals surface area contributed by atoms with Crippen LogP contribution < -0.4 is 0 Å². The van der Waals surface area contributed by atoms with Crippen LogP contribution in [0.25, 0.3) is 0 Å². The largest absolute Gasteiger partial charge is 0.294 e. The van der Waals surface area contributed by atoms with Crippen molar-refractivity contribution in [3.8, 4) is 6.07 Å². The number of nitriles is 1. The van der Waals surface area contributed by atoms with Gasteiger partial charge in [0.1, 0.15) is 0 Å². The third-order valence-electron chi connectivity index (χ3n) is 7.42. The van der Waals surface area contributed by atoms with Gasteiger partial charge in [-0.25, -0.2) is 0 Å². The summed E-state index contributed by atoms with van der Waals surface area (Å²) in [6.07, 6.45) is 0.571. The Morgan fingerprint density at radius 1 is 0.933 bits per heavy atom. The topological polar surface area (TPSA) is 40.9 Å². The number of carbonyl (C=O) groups excluding carboxylic acids is 1. The van der Waals surface area contributed by atoms with Crippen LogP contribution in [-0.4, -0.2) is 5.78 Å². The standard InChI is InChI=1S/C28H31NO/c1-19(25-20(2)27(3,4)28(5,6)26(25)30)17-23(21-13-9-7-10-14-21)24(18-29)22-15-11-8-12-16-22/h7-16,23-24H,1,17H2,2-6H3. The first-order valence-electron chi connectivity index (χ1n) is 10.6. The third-order valence-corrected chi connectivity index (χ3v) is 7.42. The van der Waals surface area contributed by atoms with Gasteiger partial charge in [0.05, 0.1) is 12.0 Å². The molecule has 0 saturated carbocycles. The van der Waals surface area contributed by atoms with Gasteiger partial charge < -0.3 is 0 Å². The molecule has 2 aromatic rings. The number of Topliss-reactive ketones (excluding diaryl/α,β-unsaturated/α-hetero) is 1. The molecule has 2 aromatic carbocycles. The highest BCUT2D eigenvalue weighted by Gasteiger charge is 2.52. The molecule has 0 aliphatic heterocycles. The molecule has 0 heterocycles. The van der Waals surface area contributed by atoms with Gasteiger partial charge in [0, 0.05) is 16.9 Å². The number of rotatable bonds is 6. The molecular weight excluding hydrogens is 366 g/mol. The Hall–Kier alpha value is -2.92. The predicted molar refractivity (Wildman–Crippen MR) is 123 cm³/mol. The molecule has 0 spiro atoms. The number of hydrogen-bond acceptors (Lipinski definition) is 2. The summed E-state index contributed by atoms with van der Waals surface area (Å²) in [6.45, 7) is 14.7. The minimum Gasteiger partial charge on any atom is -0.294 e. The lowest BCUT2D eigenvalue weighted by molar-refractivity contribution is -0.125. The molecule has 154 valence electrons. The molecule has 0 fully saturated rings. The predicted octanol–water partition coefficient (Wildman–Crippen LogP) is 6.98. The third kappa shape index (κ3) is 3.54. The van der Waals surface area contributed by atoms with Crippen molar-refractivity contribution >= 4 is 5.78 Å². The van der Waals surface area contributed by atoms with Crippen molar-refractivity contribution in [1.29, 1.82) is 5.26 Å². The Balaban J connectivity index is 2.03. The summed E-state index contributed by atoms with van der Waals surface area (Å²) in [4.78, 5) is 13.3. The Morgan fingerprint density at radius 3 is 1.87 bits per heavy atom. The van der Waals surface area contributed by atoms with E-state index in [-0.39, 0.29) is 23.0 Å². The Morgan fingerprint density at radius 2 is 1.43 bits per heavy atom. The Bertz CT molecular complexity index is 1020. The van der Waals surface area contributed by atoms with Crippen molar-refractivity contribution in [1.82, 2.24) is 0 Å². The number of benzene rings is 2. The lowest BCUT2D eigenvalue weighted by Crippen LogP contribution is -2.34. The second-order valence-electron chi connectivity index (χ2n) is 9.42. The first kappa shape index (κ1) is 21.8. The molecule has 0 aromatic heterocycles. The van der Waals surface area contributed by atoms with Gasteiger partial charge in [-0.05, 0) is 35.5 Å². The summed E-state index contributed by atoms with van der Waals surface area (Å²) < 4.78 is 0. The van der Waals surface area contributed by atoms with Gasteiger partial charge in [0.15, 0.2) is 5.78 Å². The molecule has 2 heteroatoms. The molecule has 0 radical (unpaired) electrons. The van der Waals surface area contributed by atoms with E-state index in [0.29, 0.717) is 6.42 Å². The fourth-order valence-corrected chi connectivity index (χ4v) is 4.53. The van der Waals surface area contributed by atoms with E-state index < -0.39 is 5.41 Å². The Kier molecular flexibility index (Phi) is 5.86. The first-order chi connectivity index (χ1) is 14.1. The average Bonchev–Trinajstić information content (AvgIpc) is 2.86. The highest BCUT2D eigenvalue weighted by Crippen LogP contribution is 2.55. The van der Waals surface area contributed by atoms with Crippen LogP contribution in [0.4, 0.5) is 0 Å². The molecule has 30 heavy (non-hydrogen) atoms. The SMILES string of the molecule is C=C(CC(c1ccccc1)C(C#N)c1ccccc1)C1=C(C)C(C)(C)C(C)(C)C1=O. The molecule has 2 atom stereocenters. The fraction of sp³-hybridized carbons (Fsp3) is 0.357. The maximum atomic E-state index is 13.3. The van der Waals surface area contributed by atoms with Gasteiger partial charge in [-0.3, -0.25) is 4.79 Å². The molecule has 1 aliphatic carbocycles. The number of hydrogen-bond donors (Lipinski definition) is 0. The summed E-state index contributed by atoms with van der Waals surface area (Å²) in [7, 11) is 0. The van der Waals surface area contributed by atoms with Gasteiger partial charge in [-0.1, -0.05) is 101 Å². The first-order valence-corrected chi connectivity index (χ1v) is 10.6. The van der Waals surface area contributed by atoms with E-state index in [4.69, 9.17) is 0 Å². The van der Waals surface area contributed by atoms with Gasteiger partial charge in [0.2, 0.25) is 0 Å². The zero-order valence-electron chi connectivity index (χ0n) is 18.7. The lowest BCUT2D eigenvalue weighted by atomic mass is 9.67. The van der Waals surface area contributed by atoms with Crippen LogP contribution in [0.2, 0.25) is 0 Å². The van der Waals surface area contributed by atoms with Crippen LogP contribution >= 0.6 is 0 Å². The van der Waals surface area contributed by atoms with Gasteiger partial charge in [0.25, 0.3) is 0 Å². The van der Waals surface area contributed by atoms with Crippen molar-refractivity contribution in [3.63, 3.8) is 0 Å². The van der Waals surface area contributed by atoms with Crippen LogP contribution in [0.5, 0.6) is 0 Å². The Labute approximate surface area is 180 Å². The fourth-order valence-electron chi connectivity index (χ4n) is 4.53. The van der Waals surface area contributed by atoms with Crippen molar-refractivity contribution in [3.05, 3.63) is 95.1 Å². The van der Waals surface area contributed by atoms with Gasteiger partial charge >= 0.3 is 0 Å². The number of ketones is 1. The maximum Gasteiger partial charge on any atom is 0.169 e. The summed E-state index contributed by atoms with van der Waals surface area (Å²) >= 11 is 0. The molecule has 1 aliphatic rings. The van der Waals surface area contributed by atoms with Crippen LogP contribution in [-0.2, 0) is 4.79 Å². The minimum absolute atomic E-state index is 0.0778. The van der Waals surface area contributed by atoms with E-state index in [9.17, 15) is 10.1 Å². The van der Waals surface area contributed by atoms with E-state index >= 15 is 0 Å². The molecule has 3 rings (SSSR count). The van der Waals surface area contributed by atoms with Crippen LogP contribution in [0.15, 0.2) is 84.0 Å². The lowest BCUT2D eigenvalue weighted by Gasteiger charge is -2.35. The van der Waals surface area contributed by atoms with Crippen LogP contribution in [0, 0.1) is 22.2 Å². The zero-order valence-corrected chi connectivity index (χ0v) is 18.7. The zero-order chi connectivity index (χ0) is 22.1. The second kappa shape index (κ2) is 8.07. The minimum atomic E-state index is -0.467. The smallest absolute Gasteiger partial charge is 0.169 e. The second-order valence-corrected chi connectivity index (χ2v) is 9.42. The molecule has 2 nitrogen and oxygen atoms in total. The van der Waals surface area contributed by atoms with E-state index in [2.05, 4.69) is 45.6 Å². The van der Waals surface area contributed by atoms with E-state index in [1.54, 1.807) is 0 Å². The van der Waals surface area contributed by atoms with Gasteiger partial charge in [-0.15, -0.1) is 0 Å². The quantitative estimate of drug-likeness (QED) is 0.528. The molecule has 2 unspecified atom stereocenters. The van der Waals surface area contributed by atoms with Crippen molar-refractivity contribution < 1.29 is 4.79 Å². The summed E-state index contributed by atoms with van der Waals surface area (Å²) in [6, 6.07) is 22.6. The summed E-state index contributed by atoms with van der Waals surface area (Å²) in [5.74, 6) is -0.232. The average molecular weight is 398 g/mol. The van der Waals surface area contributed by atoms with Crippen molar-refractivity contribution in [2.45, 2.75) is 52.9 Å². The highest BCUT2D eigenvalue weighted by atomic mass is 16.1. The summed E-state index contributed by atoms with van der Waals surface area (Å²) in [5, 5.41) is 10.1. The molecule has 0 amide bonds. The molecule has 0 saturated heterocycles. The van der Waals surface area contributed by atoms with Crippen molar-refractivity contribution in [2.75, 3.05) is 0 Å². The monoisotopic (exact) mass is 397 g/mol. The van der Waals surface area contributed by atoms with E-state index in [1.807, 2.05) is 62.4 Å². The summed E-state index contributed by atoms with van der Waals surface area (Å²) in [5.41, 5.74) is 4.10. The van der Waals surface area contributed by atoms with Crippen LogP contribution in [0.1, 0.15) is 64.0 Å². The van der Waals surface area contributed by atoms with Gasteiger partial charge in [-0.2, -0.15) is 5.26 Å². The van der Waals surface area contributed by atoms with E-state index in [0.717, 1.165) is 27.8 Å². The maximum absolute atomic E-state index is 13.3. The van der Waals surface area contributed by atoms with Crippen LogP contribution in [0.3, 0.4) is 0 Å². The number of carbonyl (C=O) groups is 1. The number of nitrogens with zero attached hydrogens (tertiary/aromatic N) is 1. The number of allylic oxidation sites excluding steroid dienone is 3. The van der Waals surface area contributed by atoms with E-state index in [1.165, 1.54) is 0 Å². The molecule has 0 N–H and O–H groups in total.